The third-order valence-electron chi connectivity index (χ3n) is 2.73. The van der Waals surface area contributed by atoms with Crippen molar-refractivity contribution in [2.24, 2.45) is 0 Å². The summed E-state index contributed by atoms with van der Waals surface area (Å²) in [5.74, 6) is 2.57. The zero-order valence-electron chi connectivity index (χ0n) is 10.3. The van der Waals surface area contributed by atoms with E-state index in [0.717, 1.165) is 42.2 Å². The van der Waals surface area contributed by atoms with Gasteiger partial charge in [0.05, 0.1) is 17.6 Å². The monoisotopic (exact) mass is 250 g/mol. The van der Waals surface area contributed by atoms with E-state index < -0.39 is 0 Å². The van der Waals surface area contributed by atoms with Crippen molar-refractivity contribution in [2.45, 2.75) is 32.6 Å². The molecule has 0 aliphatic rings. The Balaban J connectivity index is 2.41. The molecule has 0 atom stereocenters. The van der Waals surface area contributed by atoms with Crippen molar-refractivity contribution >= 4 is 23.7 Å². The van der Waals surface area contributed by atoms with Gasteiger partial charge >= 0.3 is 0 Å². The Morgan fingerprint density at radius 3 is 2.82 bits per heavy atom. The lowest BCUT2D eigenvalue weighted by Crippen LogP contribution is -1.99. The van der Waals surface area contributed by atoms with Crippen molar-refractivity contribution in [2.75, 3.05) is 6.61 Å². The molecule has 0 aliphatic carbocycles. The van der Waals surface area contributed by atoms with E-state index in [2.05, 4.69) is 42.1 Å². The molecular weight excluding hydrogens is 232 g/mol. The number of hydrogen-bond acceptors (Lipinski definition) is 3. The number of imidazole rings is 1. The van der Waals surface area contributed by atoms with E-state index >= 15 is 0 Å². The van der Waals surface area contributed by atoms with Gasteiger partial charge in [-0.05, 0) is 25.5 Å². The van der Waals surface area contributed by atoms with Gasteiger partial charge in [-0.3, -0.25) is 0 Å². The summed E-state index contributed by atoms with van der Waals surface area (Å²) in [4.78, 5) is 4.58. The third kappa shape index (κ3) is 2.41. The van der Waals surface area contributed by atoms with Crippen LogP contribution in [-0.2, 0) is 12.3 Å². The highest BCUT2D eigenvalue weighted by molar-refractivity contribution is 7.79. The molecule has 0 unspecified atom stereocenters. The second-order valence-corrected chi connectivity index (χ2v) is 4.25. The highest BCUT2D eigenvalue weighted by Gasteiger charge is 2.08. The smallest absolute Gasteiger partial charge is 0.121 e. The number of fused-ring (bicyclic) bond motifs is 1. The first-order valence-electron chi connectivity index (χ1n) is 6.03. The van der Waals surface area contributed by atoms with E-state index in [4.69, 9.17) is 4.74 Å². The molecule has 92 valence electrons. The molecular formula is C13H18N2OS. The van der Waals surface area contributed by atoms with Crippen LogP contribution in [0.1, 0.15) is 26.1 Å². The summed E-state index contributed by atoms with van der Waals surface area (Å²) < 4.78 is 7.80. The molecule has 0 radical (unpaired) electrons. The number of benzene rings is 1. The number of aryl methyl sites for hydroxylation is 1. The van der Waals surface area contributed by atoms with Crippen LogP contribution in [0.15, 0.2) is 18.2 Å². The molecule has 0 spiro atoms. The first-order chi connectivity index (χ1) is 8.30. The van der Waals surface area contributed by atoms with Crippen molar-refractivity contribution < 1.29 is 4.74 Å². The highest BCUT2D eigenvalue weighted by atomic mass is 32.1. The lowest BCUT2D eigenvalue weighted by atomic mass is 10.3. The molecule has 0 aliphatic heterocycles. The zero-order chi connectivity index (χ0) is 12.3. The van der Waals surface area contributed by atoms with Crippen LogP contribution in [0.4, 0.5) is 0 Å². The third-order valence-corrected chi connectivity index (χ3v) is 3.01. The second-order valence-electron chi connectivity index (χ2n) is 3.93. The van der Waals surface area contributed by atoms with Gasteiger partial charge in [-0.1, -0.05) is 6.92 Å². The van der Waals surface area contributed by atoms with Crippen molar-refractivity contribution in [3.8, 4) is 5.75 Å². The zero-order valence-corrected chi connectivity index (χ0v) is 11.2. The van der Waals surface area contributed by atoms with Gasteiger partial charge in [-0.2, -0.15) is 12.6 Å². The van der Waals surface area contributed by atoms with E-state index in [1.54, 1.807) is 0 Å². The van der Waals surface area contributed by atoms with Crippen LogP contribution in [0.25, 0.3) is 11.0 Å². The van der Waals surface area contributed by atoms with Gasteiger partial charge < -0.3 is 9.30 Å². The molecule has 0 saturated carbocycles. The Bertz CT molecular complexity index is 507. The number of nitrogens with zero attached hydrogens (tertiary/aromatic N) is 2. The van der Waals surface area contributed by atoms with Crippen molar-refractivity contribution in [3.63, 3.8) is 0 Å². The fourth-order valence-electron chi connectivity index (χ4n) is 1.94. The second kappa shape index (κ2) is 5.45. The Kier molecular flexibility index (Phi) is 3.94. The Labute approximate surface area is 107 Å². The Hall–Kier alpha value is -1.16. The maximum atomic E-state index is 5.61. The minimum Gasteiger partial charge on any atom is -0.494 e. The first-order valence-corrected chi connectivity index (χ1v) is 6.66. The van der Waals surface area contributed by atoms with E-state index in [1.165, 1.54) is 0 Å². The Morgan fingerprint density at radius 1 is 1.35 bits per heavy atom. The molecule has 0 amide bonds. The lowest BCUT2D eigenvalue weighted by Gasteiger charge is -2.05. The number of rotatable bonds is 5. The van der Waals surface area contributed by atoms with E-state index in [9.17, 15) is 0 Å². The predicted molar refractivity (Wildman–Crippen MR) is 73.9 cm³/mol. The standard InChI is InChI=1S/C13H18N2OS/c1-3-7-16-10-5-6-12-11(8-10)14-13(9-17)15(12)4-2/h5-6,8,17H,3-4,7,9H2,1-2H3. The van der Waals surface area contributed by atoms with Gasteiger partial charge in [0.2, 0.25) is 0 Å². The number of thiol groups is 1. The molecule has 2 aromatic rings. The van der Waals surface area contributed by atoms with E-state index in [0.29, 0.717) is 5.75 Å². The van der Waals surface area contributed by atoms with Gasteiger partial charge in [0, 0.05) is 18.4 Å². The van der Waals surface area contributed by atoms with Crippen molar-refractivity contribution in [1.29, 1.82) is 0 Å². The first kappa shape index (κ1) is 12.3. The van der Waals surface area contributed by atoms with Crippen LogP contribution in [0, 0.1) is 0 Å². The van der Waals surface area contributed by atoms with Gasteiger partial charge in [0.15, 0.2) is 0 Å². The maximum Gasteiger partial charge on any atom is 0.121 e. The molecule has 0 saturated heterocycles. The van der Waals surface area contributed by atoms with Crippen LogP contribution in [0.2, 0.25) is 0 Å². The summed E-state index contributed by atoms with van der Waals surface area (Å²) in [6.45, 7) is 5.89. The topological polar surface area (TPSA) is 27.1 Å². The summed E-state index contributed by atoms with van der Waals surface area (Å²) >= 11 is 4.31. The molecule has 2 rings (SSSR count). The quantitative estimate of drug-likeness (QED) is 0.825. The summed E-state index contributed by atoms with van der Waals surface area (Å²) in [7, 11) is 0. The summed E-state index contributed by atoms with van der Waals surface area (Å²) in [5, 5.41) is 0. The summed E-state index contributed by atoms with van der Waals surface area (Å²) in [6.07, 6.45) is 1.02. The van der Waals surface area contributed by atoms with E-state index in [1.807, 2.05) is 12.1 Å². The number of ether oxygens (including phenoxy) is 1. The molecule has 17 heavy (non-hydrogen) atoms. The van der Waals surface area contributed by atoms with Gasteiger partial charge in [-0.25, -0.2) is 4.98 Å². The average Bonchev–Trinajstić information content (AvgIpc) is 2.72. The fourth-order valence-corrected chi connectivity index (χ4v) is 2.18. The fraction of sp³-hybridized carbons (Fsp3) is 0.462. The molecule has 3 nitrogen and oxygen atoms in total. The SMILES string of the molecule is CCCOc1ccc2c(c1)nc(CS)n2CC. The van der Waals surface area contributed by atoms with E-state index in [-0.39, 0.29) is 0 Å². The lowest BCUT2D eigenvalue weighted by molar-refractivity contribution is 0.318. The maximum absolute atomic E-state index is 5.61. The summed E-state index contributed by atoms with van der Waals surface area (Å²) in [5.41, 5.74) is 2.14. The number of aromatic nitrogens is 2. The highest BCUT2D eigenvalue weighted by Crippen LogP contribution is 2.22. The van der Waals surface area contributed by atoms with Crippen LogP contribution >= 0.6 is 12.6 Å². The largest absolute Gasteiger partial charge is 0.494 e. The van der Waals surface area contributed by atoms with Crippen LogP contribution in [-0.4, -0.2) is 16.2 Å². The normalized spacial score (nSPS) is 11.0. The minimum atomic E-state index is 0.660. The molecule has 1 heterocycles. The van der Waals surface area contributed by atoms with Crippen LogP contribution in [0.5, 0.6) is 5.75 Å². The molecule has 0 bridgehead atoms. The average molecular weight is 250 g/mol. The van der Waals surface area contributed by atoms with Crippen molar-refractivity contribution in [3.05, 3.63) is 24.0 Å². The van der Waals surface area contributed by atoms with Crippen LogP contribution < -0.4 is 4.74 Å². The number of hydrogen-bond donors (Lipinski definition) is 1. The molecule has 0 fully saturated rings. The molecule has 1 aromatic heterocycles. The van der Waals surface area contributed by atoms with Gasteiger partial charge in [-0.15, -0.1) is 0 Å². The molecule has 1 aromatic carbocycles. The van der Waals surface area contributed by atoms with Crippen LogP contribution in [0.3, 0.4) is 0 Å². The molecule has 0 N–H and O–H groups in total. The summed E-state index contributed by atoms with van der Waals surface area (Å²) in [6, 6.07) is 6.09. The predicted octanol–water partition coefficient (Wildman–Crippen LogP) is 3.27. The Morgan fingerprint density at radius 2 is 2.18 bits per heavy atom. The molecule has 4 heteroatoms. The minimum absolute atomic E-state index is 0.660. The van der Waals surface area contributed by atoms with Crippen molar-refractivity contribution in [1.82, 2.24) is 9.55 Å². The van der Waals surface area contributed by atoms with Gasteiger partial charge in [0.25, 0.3) is 0 Å². The van der Waals surface area contributed by atoms with Gasteiger partial charge in [0.1, 0.15) is 11.6 Å².